The third-order valence-electron chi connectivity index (χ3n) is 15.2. The minimum absolute atomic E-state index is 0.583. The third-order valence-corrected chi connectivity index (χ3v) is 16.4. The van der Waals surface area contributed by atoms with Gasteiger partial charge in [0.1, 0.15) is 0 Å². The summed E-state index contributed by atoms with van der Waals surface area (Å²) in [5.74, 6) is 0. The molecule has 2 aromatic heterocycles. The summed E-state index contributed by atoms with van der Waals surface area (Å²) < 4.78 is 5.16. The van der Waals surface area contributed by atoms with E-state index in [0.29, 0.717) is 0 Å². The Labute approximate surface area is 410 Å². The second kappa shape index (κ2) is 15.1. The summed E-state index contributed by atoms with van der Waals surface area (Å²) in [5, 5.41) is 5.18. The van der Waals surface area contributed by atoms with E-state index in [1.807, 2.05) is 11.3 Å². The summed E-state index contributed by atoms with van der Waals surface area (Å²) in [6.45, 7) is 0. The SMILES string of the molecule is c1ccc(-c2ccccc2-c2ccccc2N(c2ccc(-c3cccc4c3sc3ccccc34)cc2)c2cccc3c2-c2ccccc2C32c3ccccc3-n3c4ccccc4c4cccc2c43)cc1. The molecule has 0 saturated carbocycles. The molecule has 2 nitrogen and oxygen atoms in total. The molecule has 0 fully saturated rings. The van der Waals surface area contributed by atoms with Crippen molar-refractivity contribution in [3.8, 4) is 50.2 Å². The van der Waals surface area contributed by atoms with E-state index in [0.717, 1.165) is 22.6 Å². The molecular formula is C67H42N2S. The Hall–Kier alpha value is -8.76. The smallest absolute Gasteiger partial charge is 0.0755 e. The minimum Gasteiger partial charge on any atom is -0.309 e. The molecule has 3 heterocycles. The van der Waals surface area contributed by atoms with Gasteiger partial charge in [-0.1, -0.05) is 212 Å². The molecule has 3 heteroatoms. The monoisotopic (exact) mass is 906 g/mol. The number of anilines is 3. The lowest BCUT2D eigenvalue weighted by atomic mass is 9.65. The number of fused-ring (bicyclic) bond motifs is 15. The molecule has 1 atom stereocenters. The second-order valence-electron chi connectivity index (χ2n) is 18.7. The number of thiophene rings is 1. The van der Waals surface area contributed by atoms with Crippen LogP contribution in [0.4, 0.5) is 17.1 Å². The van der Waals surface area contributed by atoms with Crippen molar-refractivity contribution in [1.29, 1.82) is 0 Å². The van der Waals surface area contributed by atoms with Crippen LogP contribution in [0.1, 0.15) is 22.3 Å². The number of para-hydroxylation sites is 4. The summed E-state index contributed by atoms with van der Waals surface area (Å²) in [6.07, 6.45) is 0. The quantitative estimate of drug-likeness (QED) is 0.161. The molecule has 1 unspecified atom stereocenters. The van der Waals surface area contributed by atoms with E-state index < -0.39 is 5.41 Å². The molecule has 1 spiro atoms. The van der Waals surface area contributed by atoms with Gasteiger partial charge in [-0.05, 0) is 98.1 Å². The van der Waals surface area contributed by atoms with E-state index in [4.69, 9.17) is 0 Å². The van der Waals surface area contributed by atoms with E-state index in [9.17, 15) is 0 Å². The number of nitrogens with zero attached hydrogens (tertiary/aromatic N) is 2. The normalized spacial score (nSPS) is 14.3. The molecule has 13 aromatic rings. The van der Waals surface area contributed by atoms with E-state index >= 15 is 0 Å². The number of aromatic nitrogens is 1. The van der Waals surface area contributed by atoms with Gasteiger partial charge in [0.25, 0.3) is 0 Å². The lowest BCUT2D eigenvalue weighted by Gasteiger charge is -2.39. The number of hydrogen-bond acceptors (Lipinski definition) is 2. The molecule has 0 bridgehead atoms. The van der Waals surface area contributed by atoms with Crippen molar-refractivity contribution in [1.82, 2.24) is 4.57 Å². The maximum absolute atomic E-state index is 2.54. The molecule has 70 heavy (non-hydrogen) atoms. The molecule has 1 aliphatic heterocycles. The van der Waals surface area contributed by atoms with Crippen molar-refractivity contribution in [2.24, 2.45) is 0 Å². The van der Waals surface area contributed by atoms with Gasteiger partial charge in [0.05, 0.1) is 33.5 Å². The second-order valence-corrected chi connectivity index (χ2v) is 19.7. The molecule has 1 aliphatic carbocycles. The average molecular weight is 907 g/mol. The van der Waals surface area contributed by atoms with Gasteiger partial charge in [-0.25, -0.2) is 0 Å². The fraction of sp³-hybridized carbons (Fsp3) is 0.0149. The van der Waals surface area contributed by atoms with Gasteiger partial charge in [0.2, 0.25) is 0 Å². The molecule has 2 aliphatic rings. The Balaban J connectivity index is 1.01. The molecule has 326 valence electrons. The van der Waals surface area contributed by atoms with E-state index in [1.165, 1.54) is 109 Å². The highest BCUT2D eigenvalue weighted by Crippen LogP contribution is 2.63. The van der Waals surface area contributed by atoms with E-state index in [2.05, 4.69) is 264 Å². The highest BCUT2D eigenvalue weighted by Gasteiger charge is 2.51. The fourth-order valence-corrected chi connectivity index (χ4v) is 13.7. The zero-order valence-electron chi connectivity index (χ0n) is 38.1. The maximum Gasteiger partial charge on any atom is 0.0755 e. The van der Waals surface area contributed by atoms with Crippen LogP contribution in [0.25, 0.3) is 92.2 Å². The van der Waals surface area contributed by atoms with Crippen LogP contribution >= 0.6 is 11.3 Å². The lowest BCUT2D eigenvalue weighted by molar-refractivity contribution is 0.748. The average Bonchev–Trinajstić information content (AvgIpc) is 4.10. The molecular weight excluding hydrogens is 865 g/mol. The van der Waals surface area contributed by atoms with Gasteiger partial charge < -0.3 is 9.47 Å². The maximum atomic E-state index is 2.54. The van der Waals surface area contributed by atoms with Crippen molar-refractivity contribution in [3.63, 3.8) is 0 Å². The Morgan fingerprint density at radius 1 is 0.343 bits per heavy atom. The van der Waals surface area contributed by atoms with E-state index in [-0.39, 0.29) is 0 Å². The van der Waals surface area contributed by atoms with Crippen molar-refractivity contribution >= 4 is 70.4 Å². The zero-order valence-corrected chi connectivity index (χ0v) is 38.9. The van der Waals surface area contributed by atoms with Crippen LogP contribution in [0.15, 0.2) is 255 Å². The lowest BCUT2D eigenvalue weighted by Crippen LogP contribution is -2.33. The van der Waals surface area contributed by atoms with Gasteiger partial charge in [-0.3, -0.25) is 0 Å². The van der Waals surface area contributed by atoms with Crippen molar-refractivity contribution in [2.75, 3.05) is 4.90 Å². The summed E-state index contributed by atoms with van der Waals surface area (Å²) in [5.41, 5.74) is 21.4. The summed E-state index contributed by atoms with van der Waals surface area (Å²) in [4.78, 5) is 2.54. The summed E-state index contributed by atoms with van der Waals surface area (Å²) in [7, 11) is 0. The highest BCUT2D eigenvalue weighted by molar-refractivity contribution is 7.26. The van der Waals surface area contributed by atoms with Crippen molar-refractivity contribution in [3.05, 3.63) is 277 Å². The first-order chi connectivity index (χ1) is 34.8. The highest BCUT2D eigenvalue weighted by atomic mass is 32.1. The van der Waals surface area contributed by atoms with Crippen LogP contribution in [0.5, 0.6) is 0 Å². The molecule has 15 rings (SSSR count). The van der Waals surface area contributed by atoms with Crippen LogP contribution in [-0.4, -0.2) is 4.57 Å². The standard InChI is InChI=1S/C67H42N2S/c1-2-19-43(20-3-1)46-21-4-5-22-48(46)49-23-7-12-34-59(49)68(45-41-39-44(40-42-45)47-27-16-29-53-51-25-9-15-38-63(51)70-66(47)53)62-37-18-32-57-64(62)54-26-6-10-30-55(54)67(57)56-31-11-14-36-61(56)69-60-35-13-8-24-50(60)52-28-17-33-58(67)65(52)69/h1-42H. The summed E-state index contributed by atoms with van der Waals surface area (Å²) in [6, 6.07) is 94.9. The third kappa shape index (κ3) is 5.38. The Morgan fingerprint density at radius 3 is 1.79 bits per heavy atom. The van der Waals surface area contributed by atoms with Crippen LogP contribution in [0.3, 0.4) is 0 Å². The Morgan fingerprint density at radius 2 is 0.914 bits per heavy atom. The minimum atomic E-state index is -0.583. The predicted octanol–water partition coefficient (Wildman–Crippen LogP) is 18.3. The predicted molar refractivity (Wildman–Crippen MR) is 296 cm³/mol. The van der Waals surface area contributed by atoms with Crippen LogP contribution in [0.2, 0.25) is 0 Å². The Kier molecular flexibility index (Phi) is 8.48. The van der Waals surface area contributed by atoms with Gasteiger partial charge in [-0.2, -0.15) is 0 Å². The van der Waals surface area contributed by atoms with Crippen LogP contribution < -0.4 is 4.90 Å². The number of benzene rings is 11. The largest absolute Gasteiger partial charge is 0.309 e. The first-order valence-corrected chi connectivity index (χ1v) is 25.0. The molecule has 0 N–H and O–H groups in total. The molecule has 0 amide bonds. The van der Waals surface area contributed by atoms with Crippen molar-refractivity contribution < 1.29 is 0 Å². The molecule has 11 aromatic carbocycles. The number of hydrogen-bond donors (Lipinski definition) is 0. The first kappa shape index (κ1) is 39.3. The topological polar surface area (TPSA) is 8.17 Å². The molecule has 0 saturated heterocycles. The van der Waals surface area contributed by atoms with Gasteiger partial charge >= 0.3 is 0 Å². The zero-order chi connectivity index (χ0) is 45.9. The fourth-order valence-electron chi connectivity index (χ4n) is 12.4. The van der Waals surface area contributed by atoms with Crippen LogP contribution in [0, 0.1) is 0 Å². The first-order valence-electron chi connectivity index (χ1n) is 24.2. The van der Waals surface area contributed by atoms with Gasteiger partial charge in [0.15, 0.2) is 0 Å². The number of rotatable bonds is 6. The van der Waals surface area contributed by atoms with Crippen LogP contribution in [-0.2, 0) is 5.41 Å². The van der Waals surface area contributed by atoms with Crippen molar-refractivity contribution in [2.45, 2.75) is 5.41 Å². The van der Waals surface area contributed by atoms with Gasteiger partial charge in [0, 0.05) is 47.8 Å². The summed E-state index contributed by atoms with van der Waals surface area (Å²) >= 11 is 1.88. The molecule has 0 radical (unpaired) electrons. The van der Waals surface area contributed by atoms with E-state index in [1.54, 1.807) is 0 Å². The Bertz CT molecular complexity index is 4250. The van der Waals surface area contributed by atoms with Gasteiger partial charge in [-0.15, -0.1) is 11.3 Å².